The zero-order valence-electron chi connectivity index (χ0n) is 7.95. The molecule has 0 saturated heterocycles. The molecule has 16 heavy (non-hydrogen) atoms. The Bertz CT molecular complexity index is 507. The van der Waals surface area contributed by atoms with Crippen LogP contribution in [0.2, 0.25) is 0 Å². The van der Waals surface area contributed by atoms with Gasteiger partial charge in [0.15, 0.2) is 0 Å². The Morgan fingerprint density at radius 1 is 1.56 bits per heavy atom. The van der Waals surface area contributed by atoms with Crippen LogP contribution in [0.5, 0.6) is 5.88 Å². The SMILES string of the molecule is COc1nc(Br)c(C(F)F)cc1S(N)(=O)=O. The van der Waals surface area contributed by atoms with E-state index in [1.165, 1.54) is 0 Å². The lowest BCUT2D eigenvalue weighted by Crippen LogP contribution is -2.15. The first kappa shape index (κ1) is 13.3. The number of rotatable bonds is 3. The first-order chi connectivity index (χ1) is 7.27. The van der Waals surface area contributed by atoms with Crippen LogP contribution in [0, 0.1) is 0 Å². The predicted octanol–water partition coefficient (Wildman–Crippen LogP) is 1.44. The maximum absolute atomic E-state index is 12.5. The lowest BCUT2D eigenvalue weighted by atomic mass is 10.3. The van der Waals surface area contributed by atoms with Crippen LogP contribution in [0.25, 0.3) is 0 Å². The van der Waals surface area contributed by atoms with Gasteiger partial charge in [0.05, 0.1) is 12.7 Å². The molecule has 0 atom stereocenters. The Hall–Kier alpha value is -0.800. The van der Waals surface area contributed by atoms with Crippen LogP contribution < -0.4 is 9.88 Å². The van der Waals surface area contributed by atoms with Crippen LogP contribution in [0.3, 0.4) is 0 Å². The summed E-state index contributed by atoms with van der Waals surface area (Å²) in [5.41, 5.74) is -0.565. The minimum atomic E-state index is -4.16. The fraction of sp³-hybridized carbons (Fsp3) is 0.286. The lowest BCUT2D eigenvalue weighted by molar-refractivity contribution is 0.149. The van der Waals surface area contributed by atoms with Gasteiger partial charge in [-0.15, -0.1) is 0 Å². The summed E-state index contributed by atoms with van der Waals surface area (Å²) >= 11 is 2.78. The van der Waals surface area contributed by atoms with E-state index in [1.807, 2.05) is 0 Å². The molecule has 0 radical (unpaired) electrons. The van der Waals surface area contributed by atoms with Crippen LogP contribution in [0.15, 0.2) is 15.6 Å². The molecule has 9 heteroatoms. The second-order valence-corrected chi connectivity index (χ2v) is 5.00. The molecule has 0 fully saturated rings. The smallest absolute Gasteiger partial charge is 0.266 e. The van der Waals surface area contributed by atoms with E-state index in [-0.39, 0.29) is 10.5 Å². The van der Waals surface area contributed by atoms with E-state index in [9.17, 15) is 17.2 Å². The summed E-state index contributed by atoms with van der Waals surface area (Å²) in [6.07, 6.45) is -2.87. The summed E-state index contributed by atoms with van der Waals surface area (Å²) in [4.78, 5) is 2.96. The van der Waals surface area contributed by atoms with Gasteiger partial charge >= 0.3 is 0 Å². The number of pyridine rings is 1. The number of aromatic nitrogens is 1. The molecule has 0 amide bonds. The van der Waals surface area contributed by atoms with Gasteiger partial charge in [0, 0.05) is 0 Å². The van der Waals surface area contributed by atoms with Gasteiger partial charge < -0.3 is 4.74 Å². The van der Waals surface area contributed by atoms with Gasteiger partial charge in [0.2, 0.25) is 15.9 Å². The number of ether oxygens (including phenoxy) is 1. The van der Waals surface area contributed by atoms with Crippen LogP contribution in [0.1, 0.15) is 12.0 Å². The summed E-state index contributed by atoms with van der Waals surface area (Å²) in [7, 11) is -3.00. The van der Waals surface area contributed by atoms with Gasteiger partial charge in [-0.05, 0) is 22.0 Å². The van der Waals surface area contributed by atoms with E-state index in [0.29, 0.717) is 0 Å². The standard InChI is InChI=1S/C7H7BrF2N2O3S/c1-15-7-4(16(11,13)14)2-3(6(9)10)5(8)12-7/h2,6H,1H3,(H2,11,13,14). The summed E-state index contributed by atoms with van der Waals surface area (Å²) in [5, 5.41) is 4.84. The molecule has 0 spiro atoms. The molecule has 0 aliphatic heterocycles. The van der Waals surface area contributed by atoms with E-state index in [2.05, 4.69) is 25.7 Å². The fourth-order valence-corrected chi connectivity index (χ4v) is 2.09. The van der Waals surface area contributed by atoms with Crippen molar-refractivity contribution in [1.29, 1.82) is 0 Å². The van der Waals surface area contributed by atoms with Crippen molar-refractivity contribution < 1.29 is 21.9 Å². The molecular weight excluding hydrogens is 310 g/mol. The molecule has 0 aliphatic rings. The first-order valence-electron chi connectivity index (χ1n) is 3.82. The number of alkyl halides is 2. The topological polar surface area (TPSA) is 82.3 Å². The monoisotopic (exact) mass is 316 g/mol. The van der Waals surface area contributed by atoms with Crippen molar-refractivity contribution in [2.75, 3.05) is 7.11 Å². The summed E-state index contributed by atoms with van der Waals surface area (Å²) in [5.74, 6) is -0.334. The molecule has 0 aromatic carbocycles. The Labute approximate surface area is 98.8 Å². The Morgan fingerprint density at radius 3 is 2.50 bits per heavy atom. The van der Waals surface area contributed by atoms with E-state index >= 15 is 0 Å². The highest BCUT2D eigenvalue weighted by molar-refractivity contribution is 9.10. The third-order valence-electron chi connectivity index (χ3n) is 1.67. The third-order valence-corrected chi connectivity index (χ3v) is 3.21. The first-order valence-corrected chi connectivity index (χ1v) is 6.16. The molecule has 0 bridgehead atoms. The Balaban J connectivity index is 3.53. The highest BCUT2D eigenvalue weighted by Crippen LogP contribution is 2.32. The van der Waals surface area contributed by atoms with Crippen molar-refractivity contribution in [3.63, 3.8) is 0 Å². The van der Waals surface area contributed by atoms with Crippen LogP contribution in [-0.2, 0) is 10.0 Å². The predicted molar refractivity (Wildman–Crippen MR) is 54.8 cm³/mol. The molecular formula is C7H7BrF2N2O3S. The highest BCUT2D eigenvalue weighted by atomic mass is 79.9. The number of halogens is 3. The Kier molecular flexibility index (Phi) is 3.81. The van der Waals surface area contributed by atoms with Gasteiger partial charge in [-0.25, -0.2) is 27.3 Å². The van der Waals surface area contributed by atoms with Gasteiger partial charge in [-0.3, -0.25) is 0 Å². The van der Waals surface area contributed by atoms with Crippen molar-refractivity contribution >= 4 is 26.0 Å². The van der Waals surface area contributed by atoms with Gasteiger partial charge in [0.25, 0.3) is 6.43 Å². The average Bonchev–Trinajstić information content (AvgIpc) is 2.14. The number of hydrogen-bond acceptors (Lipinski definition) is 4. The van der Waals surface area contributed by atoms with Crippen LogP contribution in [-0.4, -0.2) is 20.5 Å². The number of nitrogens with zero attached hydrogens (tertiary/aromatic N) is 1. The van der Waals surface area contributed by atoms with E-state index in [1.54, 1.807) is 0 Å². The fourth-order valence-electron chi connectivity index (χ4n) is 0.974. The molecule has 0 saturated carbocycles. The van der Waals surface area contributed by atoms with Crippen molar-refractivity contribution in [1.82, 2.24) is 4.98 Å². The Morgan fingerprint density at radius 2 is 2.12 bits per heavy atom. The van der Waals surface area contributed by atoms with E-state index in [0.717, 1.165) is 13.2 Å². The normalized spacial score (nSPS) is 11.9. The second kappa shape index (κ2) is 4.60. The maximum atomic E-state index is 12.5. The molecule has 5 nitrogen and oxygen atoms in total. The van der Waals surface area contributed by atoms with Crippen molar-refractivity contribution in [2.24, 2.45) is 5.14 Å². The van der Waals surface area contributed by atoms with Crippen molar-refractivity contribution in [3.05, 3.63) is 16.2 Å². The van der Waals surface area contributed by atoms with Gasteiger partial charge in [0.1, 0.15) is 9.50 Å². The zero-order chi connectivity index (χ0) is 12.5. The van der Waals surface area contributed by atoms with E-state index in [4.69, 9.17) is 5.14 Å². The average molecular weight is 317 g/mol. The number of methoxy groups -OCH3 is 1. The molecule has 2 N–H and O–H groups in total. The summed E-state index contributed by atoms with van der Waals surface area (Å²) in [6.45, 7) is 0. The quantitative estimate of drug-likeness (QED) is 0.855. The summed E-state index contributed by atoms with van der Waals surface area (Å²) < 4.78 is 51.6. The molecule has 1 aromatic rings. The number of hydrogen-bond donors (Lipinski definition) is 1. The minimum Gasteiger partial charge on any atom is -0.480 e. The molecule has 1 heterocycles. The van der Waals surface area contributed by atoms with Crippen LogP contribution in [0.4, 0.5) is 8.78 Å². The maximum Gasteiger partial charge on any atom is 0.266 e. The largest absolute Gasteiger partial charge is 0.480 e. The van der Waals surface area contributed by atoms with Gasteiger partial charge in [-0.2, -0.15) is 0 Å². The zero-order valence-corrected chi connectivity index (χ0v) is 10.3. The van der Waals surface area contributed by atoms with Gasteiger partial charge in [-0.1, -0.05) is 0 Å². The van der Waals surface area contributed by atoms with E-state index < -0.39 is 26.9 Å². The molecule has 90 valence electrons. The molecule has 1 aromatic heterocycles. The number of primary sulfonamides is 1. The second-order valence-electron chi connectivity index (χ2n) is 2.72. The summed E-state index contributed by atoms with van der Waals surface area (Å²) in [6, 6.07) is 0.732. The number of sulfonamides is 1. The molecule has 0 aliphatic carbocycles. The molecule has 0 unspecified atom stereocenters. The third kappa shape index (κ3) is 2.66. The molecule has 1 rings (SSSR count). The van der Waals surface area contributed by atoms with Crippen molar-refractivity contribution in [3.8, 4) is 5.88 Å². The highest BCUT2D eigenvalue weighted by Gasteiger charge is 2.23. The number of nitrogens with two attached hydrogens (primary N) is 1. The lowest BCUT2D eigenvalue weighted by Gasteiger charge is -2.09. The van der Waals surface area contributed by atoms with Crippen LogP contribution >= 0.6 is 15.9 Å². The van der Waals surface area contributed by atoms with Crippen molar-refractivity contribution in [2.45, 2.75) is 11.3 Å². The minimum absolute atomic E-state index is 0.188.